The molecule has 2 aromatic carbocycles. The smallest absolute Gasteiger partial charge is 0.226 e. The summed E-state index contributed by atoms with van der Waals surface area (Å²) in [4.78, 5) is 17.2. The predicted molar refractivity (Wildman–Crippen MR) is 118 cm³/mol. The zero-order valence-electron chi connectivity index (χ0n) is 18.0. The summed E-state index contributed by atoms with van der Waals surface area (Å²) in [6, 6.07) is 18.8. The standard InChI is InChI=1S/C25H32N2O3/c1-26(18-20-7-4-3-5-8-20)22-17-25(30-19-22)11-13-27(14-12-25)24(28)16-21-9-6-10-23(15-21)29-2/h3-10,15,22H,11-14,16-19H2,1-2H3/t22-/m1/s1. The highest BCUT2D eigenvalue weighted by atomic mass is 16.5. The fourth-order valence-corrected chi connectivity index (χ4v) is 4.68. The van der Waals surface area contributed by atoms with Crippen LogP contribution in [0.4, 0.5) is 0 Å². The van der Waals surface area contributed by atoms with Gasteiger partial charge in [-0.1, -0.05) is 42.5 Å². The fraction of sp³-hybridized carbons (Fsp3) is 0.480. The average Bonchev–Trinajstić information content (AvgIpc) is 3.18. The Morgan fingerprint density at radius 3 is 2.60 bits per heavy atom. The van der Waals surface area contributed by atoms with Crippen LogP contribution in [0, 0.1) is 0 Å². The van der Waals surface area contributed by atoms with Crippen molar-refractivity contribution < 1.29 is 14.3 Å². The quantitative estimate of drug-likeness (QED) is 0.734. The van der Waals surface area contributed by atoms with Gasteiger partial charge in [0.05, 0.1) is 25.7 Å². The van der Waals surface area contributed by atoms with Gasteiger partial charge >= 0.3 is 0 Å². The minimum absolute atomic E-state index is 0.0671. The maximum atomic E-state index is 12.8. The molecule has 0 aliphatic carbocycles. The van der Waals surface area contributed by atoms with Crippen LogP contribution >= 0.6 is 0 Å². The molecular formula is C25H32N2O3. The van der Waals surface area contributed by atoms with Gasteiger partial charge in [-0.2, -0.15) is 0 Å². The summed E-state index contributed by atoms with van der Waals surface area (Å²) in [5.41, 5.74) is 2.26. The fourth-order valence-electron chi connectivity index (χ4n) is 4.68. The monoisotopic (exact) mass is 408 g/mol. The van der Waals surface area contributed by atoms with Crippen molar-refractivity contribution >= 4 is 5.91 Å². The van der Waals surface area contributed by atoms with Crippen molar-refractivity contribution in [2.45, 2.75) is 43.9 Å². The Labute approximate surface area is 179 Å². The molecule has 0 aromatic heterocycles. The molecule has 0 saturated carbocycles. The molecule has 1 spiro atoms. The van der Waals surface area contributed by atoms with Crippen LogP contribution in [-0.2, 0) is 22.5 Å². The van der Waals surface area contributed by atoms with E-state index in [1.54, 1.807) is 7.11 Å². The number of methoxy groups -OCH3 is 1. The van der Waals surface area contributed by atoms with E-state index < -0.39 is 0 Å². The summed E-state index contributed by atoms with van der Waals surface area (Å²) in [5.74, 6) is 0.983. The Bertz CT molecular complexity index is 846. The second kappa shape index (κ2) is 9.19. The number of likely N-dealkylation sites (tertiary alicyclic amines) is 1. The van der Waals surface area contributed by atoms with Gasteiger partial charge in [-0.25, -0.2) is 0 Å². The molecule has 0 bridgehead atoms. The van der Waals surface area contributed by atoms with Crippen LogP contribution < -0.4 is 4.74 Å². The van der Waals surface area contributed by atoms with Gasteiger partial charge in [0.2, 0.25) is 5.91 Å². The Morgan fingerprint density at radius 2 is 1.87 bits per heavy atom. The number of piperidine rings is 1. The second-order valence-electron chi connectivity index (χ2n) is 8.66. The number of amides is 1. The highest BCUT2D eigenvalue weighted by molar-refractivity contribution is 5.79. The molecule has 2 aliphatic rings. The summed E-state index contributed by atoms with van der Waals surface area (Å²) in [6.07, 6.45) is 3.32. The van der Waals surface area contributed by atoms with E-state index >= 15 is 0 Å². The number of hydrogen-bond acceptors (Lipinski definition) is 4. The van der Waals surface area contributed by atoms with Crippen LogP contribution in [0.2, 0.25) is 0 Å². The third-order valence-electron chi connectivity index (χ3n) is 6.60. The first kappa shape index (κ1) is 20.9. The highest BCUT2D eigenvalue weighted by Crippen LogP contribution is 2.37. The summed E-state index contributed by atoms with van der Waals surface area (Å²) >= 11 is 0. The van der Waals surface area contributed by atoms with Gasteiger partial charge in [0.25, 0.3) is 0 Å². The first-order valence-electron chi connectivity index (χ1n) is 10.9. The van der Waals surface area contributed by atoms with Gasteiger partial charge in [0, 0.05) is 25.7 Å². The van der Waals surface area contributed by atoms with Crippen molar-refractivity contribution in [3.8, 4) is 5.75 Å². The first-order valence-corrected chi connectivity index (χ1v) is 10.9. The summed E-state index contributed by atoms with van der Waals surface area (Å²) in [6.45, 7) is 3.27. The predicted octanol–water partition coefficient (Wildman–Crippen LogP) is 3.52. The molecule has 160 valence electrons. The number of nitrogens with zero attached hydrogens (tertiary/aromatic N) is 2. The zero-order chi connectivity index (χ0) is 21.0. The van der Waals surface area contributed by atoms with E-state index in [1.807, 2.05) is 29.2 Å². The molecule has 30 heavy (non-hydrogen) atoms. The first-order chi connectivity index (χ1) is 14.6. The minimum Gasteiger partial charge on any atom is -0.497 e. The number of benzene rings is 2. The summed E-state index contributed by atoms with van der Waals surface area (Å²) in [5, 5.41) is 0. The van der Waals surface area contributed by atoms with Crippen LogP contribution in [0.3, 0.4) is 0 Å². The molecule has 0 N–H and O–H groups in total. The molecule has 0 unspecified atom stereocenters. The topological polar surface area (TPSA) is 42.0 Å². The Hall–Kier alpha value is -2.37. The Balaban J connectivity index is 1.28. The molecule has 4 rings (SSSR count). The molecule has 1 atom stereocenters. The van der Waals surface area contributed by atoms with E-state index in [0.29, 0.717) is 12.5 Å². The van der Waals surface area contributed by atoms with Crippen molar-refractivity contribution in [3.05, 3.63) is 65.7 Å². The van der Waals surface area contributed by atoms with Crippen LogP contribution in [0.25, 0.3) is 0 Å². The molecule has 2 aliphatic heterocycles. The molecule has 5 nitrogen and oxygen atoms in total. The van der Waals surface area contributed by atoms with Crippen molar-refractivity contribution in [1.29, 1.82) is 0 Å². The van der Waals surface area contributed by atoms with Crippen molar-refractivity contribution in [1.82, 2.24) is 9.80 Å². The van der Waals surface area contributed by atoms with E-state index in [0.717, 1.165) is 56.8 Å². The molecular weight excluding hydrogens is 376 g/mol. The molecule has 2 heterocycles. The van der Waals surface area contributed by atoms with Crippen molar-refractivity contribution in [2.75, 3.05) is 33.9 Å². The molecule has 0 radical (unpaired) electrons. The molecule has 2 fully saturated rings. The Kier molecular flexibility index (Phi) is 6.40. The molecule has 1 amide bonds. The zero-order valence-corrected chi connectivity index (χ0v) is 18.0. The number of likely N-dealkylation sites (N-methyl/N-ethyl adjacent to an activating group) is 1. The number of carbonyl (C=O) groups excluding carboxylic acids is 1. The maximum Gasteiger partial charge on any atom is 0.226 e. The van der Waals surface area contributed by atoms with E-state index in [4.69, 9.17) is 9.47 Å². The van der Waals surface area contributed by atoms with E-state index in [-0.39, 0.29) is 11.5 Å². The second-order valence-corrected chi connectivity index (χ2v) is 8.66. The van der Waals surface area contributed by atoms with Gasteiger partial charge < -0.3 is 14.4 Å². The van der Waals surface area contributed by atoms with Gasteiger partial charge in [0.1, 0.15) is 5.75 Å². The van der Waals surface area contributed by atoms with Gasteiger partial charge in [0.15, 0.2) is 0 Å². The van der Waals surface area contributed by atoms with E-state index in [2.05, 4.69) is 42.3 Å². The SMILES string of the molecule is COc1cccc(CC(=O)N2CCC3(CC2)C[C@@H](N(C)Cc2ccccc2)CO3)c1. The summed E-state index contributed by atoms with van der Waals surface area (Å²) in [7, 11) is 3.84. The lowest BCUT2D eigenvalue weighted by molar-refractivity contribution is -0.135. The van der Waals surface area contributed by atoms with Crippen molar-refractivity contribution in [3.63, 3.8) is 0 Å². The third kappa shape index (κ3) is 4.85. The van der Waals surface area contributed by atoms with Gasteiger partial charge in [-0.15, -0.1) is 0 Å². The molecule has 2 saturated heterocycles. The van der Waals surface area contributed by atoms with E-state index in [9.17, 15) is 4.79 Å². The number of carbonyl (C=O) groups is 1. The minimum atomic E-state index is -0.0671. The van der Waals surface area contributed by atoms with Crippen LogP contribution in [0.1, 0.15) is 30.4 Å². The number of hydrogen-bond donors (Lipinski definition) is 0. The largest absolute Gasteiger partial charge is 0.497 e. The number of ether oxygens (including phenoxy) is 2. The molecule has 5 heteroatoms. The lowest BCUT2D eigenvalue weighted by Gasteiger charge is -2.39. The lowest BCUT2D eigenvalue weighted by atomic mass is 9.87. The third-order valence-corrected chi connectivity index (χ3v) is 6.60. The number of rotatable bonds is 6. The van der Waals surface area contributed by atoms with Gasteiger partial charge in [-0.05, 0) is 49.6 Å². The van der Waals surface area contributed by atoms with Crippen LogP contribution in [0.5, 0.6) is 5.75 Å². The lowest BCUT2D eigenvalue weighted by Crippen LogP contribution is -2.47. The van der Waals surface area contributed by atoms with E-state index in [1.165, 1.54) is 5.56 Å². The highest BCUT2D eigenvalue weighted by Gasteiger charge is 2.44. The molecule has 2 aromatic rings. The summed E-state index contributed by atoms with van der Waals surface area (Å²) < 4.78 is 11.6. The maximum absolute atomic E-state index is 12.8. The van der Waals surface area contributed by atoms with Crippen LogP contribution in [-0.4, -0.2) is 61.2 Å². The van der Waals surface area contributed by atoms with Gasteiger partial charge in [-0.3, -0.25) is 9.69 Å². The Morgan fingerprint density at radius 1 is 1.13 bits per heavy atom. The average molecular weight is 409 g/mol. The normalized spacial score (nSPS) is 20.6. The van der Waals surface area contributed by atoms with Crippen LogP contribution in [0.15, 0.2) is 54.6 Å². The van der Waals surface area contributed by atoms with Crippen molar-refractivity contribution in [2.24, 2.45) is 0 Å².